The predicted molar refractivity (Wildman–Crippen MR) is 173 cm³/mol. The smallest absolute Gasteiger partial charge is 0.417 e. The fourth-order valence-electron chi connectivity index (χ4n) is 5.80. The van der Waals surface area contributed by atoms with Crippen molar-refractivity contribution >= 4 is 28.7 Å². The molecule has 0 bridgehead atoms. The highest BCUT2D eigenvalue weighted by Gasteiger charge is 2.48. The monoisotopic (exact) mass is 632 g/mol. The molecule has 12 heteroatoms. The number of ether oxygens (including phenoxy) is 1. The van der Waals surface area contributed by atoms with E-state index < -0.39 is 17.4 Å². The van der Waals surface area contributed by atoms with Gasteiger partial charge in [0.15, 0.2) is 11.6 Å². The van der Waals surface area contributed by atoms with E-state index in [0.717, 1.165) is 28.7 Å². The first-order chi connectivity index (χ1) is 22.8. The van der Waals surface area contributed by atoms with Crippen molar-refractivity contribution in [1.29, 1.82) is 0 Å². The molecule has 3 N–H and O–H groups in total. The SMILES string of the molecule is CCNc1cc2oc(-c3ccc(F)cc3)c(-c3nccn3C(=O)O)c2cc1-c1ccc(OC)c(C(=O)NC2(c3ncccn3)CC2)c1. The summed E-state index contributed by atoms with van der Waals surface area (Å²) < 4.78 is 26.8. The van der Waals surface area contributed by atoms with Crippen LogP contribution in [-0.4, -0.2) is 50.3 Å². The number of halogens is 1. The van der Waals surface area contributed by atoms with E-state index in [4.69, 9.17) is 9.15 Å². The Balaban J connectivity index is 1.39. The second-order valence-corrected chi connectivity index (χ2v) is 11.2. The number of nitrogens with zero attached hydrogens (tertiary/aromatic N) is 4. The molecular formula is C35H29FN6O5. The quantitative estimate of drug-likeness (QED) is 0.154. The Kier molecular flexibility index (Phi) is 7.39. The molecule has 0 aliphatic heterocycles. The topological polar surface area (TPSA) is 144 Å². The summed E-state index contributed by atoms with van der Waals surface area (Å²) in [5, 5.41) is 17.0. The third-order valence-corrected chi connectivity index (χ3v) is 8.22. The Morgan fingerprint density at radius 3 is 2.45 bits per heavy atom. The lowest BCUT2D eigenvalue weighted by molar-refractivity contribution is 0.0925. The molecular weight excluding hydrogens is 603 g/mol. The minimum Gasteiger partial charge on any atom is -0.496 e. The largest absolute Gasteiger partial charge is 0.496 e. The first-order valence-corrected chi connectivity index (χ1v) is 15.0. The van der Waals surface area contributed by atoms with E-state index in [-0.39, 0.29) is 11.7 Å². The number of aromatic nitrogens is 4. The van der Waals surface area contributed by atoms with Gasteiger partial charge in [0.2, 0.25) is 0 Å². The summed E-state index contributed by atoms with van der Waals surface area (Å²) in [5.41, 5.74) is 3.27. The molecule has 3 aromatic heterocycles. The first kappa shape index (κ1) is 29.7. The van der Waals surface area contributed by atoms with Crippen LogP contribution in [0.4, 0.5) is 14.9 Å². The molecule has 1 saturated carbocycles. The Morgan fingerprint density at radius 2 is 1.77 bits per heavy atom. The standard InChI is InChI=1S/C35H29FN6O5/c1-3-37-26-19-28-24(29(31-38-15-16-42(31)34(44)45)30(47-28)20-5-8-22(36)9-6-20)18-23(26)21-7-10-27(46-2)25(17-21)32(43)41-35(11-12-35)33-39-13-4-14-40-33/h4-10,13-19,37H,3,11-12H2,1-2H3,(H,41,43)(H,44,45). The molecule has 0 atom stereocenters. The minimum atomic E-state index is -1.22. The van der Waals surface area contributed by atoms with Crippen LogP contribution in [0.2, 0.25) is 0 Å². The van der Waals surface area contributed by atoms with Gasteiger partial charge in [-0.15, -0.1) is 0 Å². The molecule has 0 spiro atoms. The third kappa shape index (κ3) is 5.33. The molecule has 1 amide bonds. The van der Waals surface area contributed by atoms with Gasteiger partial charge in [0.1, 0.15) is 28.4 Å². The van der Waals surface area contributed by atoms with Gasteiger partial charge in [0.05, 0.1) is 18.2 Å². The summed E-state index contributed by atoms with van der Waals surface area (Å²) in [6.07, 6.45) is 6.27. The van der Waals surface area contributed by atoms with Crippen molar-refractivity contribution in [2.45, 2.75) is 25.3 Å². The summed E-state index contributed by atoms with van der Waals surface area (Å²) in [6, 6.07) is 16.5. The molecule has 0 saturated heterocycles. The van der Waals surface area contributed by atoms with Crippen molar-refractivity contribution in [2.75, 3.05) is 19.0 Å². The van der Waals surface area contributed by atoms with E-state index in [1.807, 2.05) is 25.1 Å². The van der Waals surface area contributed by atoms with Crippen LogP contribution in [0.25, 0.3) is 44.8 Å². The van der Waals surface area contributed by atoms with Gasteiger partial charge < -0.3 is 24.9 Å². The molecule has 236 valence electrons. The van der Waals surface area contributed by atoms with Gasteiger partial charge in [-0.05, 0) is 73.9 Å². The normalized spacial score (nSPS) is 13.3. The van der Waals surface area contributed by atoms with Crippen molar-refractivity contribution < 1.29 is 28.2 Å². The summed E-state index contributed by atoms with van der Waals surface area (Å²) >= 11 is 0. The van der Waals surface area contributed by atoms with Gasteiger partial charge >= 0.3 is 6.09 Å². The highest BCUT2D eigenvalue weighted by atomic mass is 19.1. The average molecular weight is 633 g/mol. The Bertz CT molecular complexity index is 2140. The second kappa shape index (κ2) is 11.7. The fourth-order valence-corrected chi connectivity index (χ4v) is 5.80. The number of amides is 1. The van der Waals surface area contributed by atoms with Crippen LogP contribution in [0.15, 0.2) is 89.9 Å². The number of imidazole rings is 1. The number of rotatable bonds is 9. The van der Waals surface area contributed by atoms with Crippen LogP contribution >= 0.6 is 0 Å². The first-order valence-electron chi connectivity index (χ1n) is 15.0. The molecule has 0 unspecified atom stereocenters. The van der Waals surface area contributed by atoms with E-state index in [0.29, 0.717) is 57.1 Å². The molecule has 0 radical (unpaired) electrons. The zero-order valence-corrected chi connectivity index (χ0v) is 25.5. The number of nitrogens with one attached hydrogen (secondary N) is 2. The number of carbonyl (C=O) groups excluding carboxylic acids is 1. The molecule has 1 fully saturated rings. The van der Waals surface area contributed by atoms with Gasteiger partial charge in [-0.1, -0.05) is 6.07 Å². The van der Waals surface area contributed by atoms with Gasteiger partial charge in [-0.25, -0.2) is 28.7 Å². The maximum Gasteiger partial charge on any atom is 0.417 e. The van der Waals surface area contributed by atoms with Crippen LogP contribution < -0.4 is 15.4 Å². The fraction of sp³-hybridized carbons (Fsp3) is 0.171. The number of carboxylic acid groups (broad SMARTS) is 1. The van der Waals surface area contributed by atoms with E-state index in [9.17, 15) is 19.1 Å². The van der Waals surface area contributed by atoms with E-state index >= 15 is 0 Å². The molecule has 47 heavy (non-hydrogen) atoms. The van der Waals surface area contributed by atoms with Crippen molar-refractivity contribution in [2.24, 2.45) is 0 Å². The lowest BCUT2D eigenvalue weighted by Crippen LogP contribution is -2.36. The molecule has 7 rings (SSSR count). The molecule has 3 aromatic carbocycles. The van der Waals surface area contributed by atoms with Crippen LogP contribution in [0.3, 0.4) is 0 Å². The maximum atomic E-state index is 13.9. The van der Waals surface area contributed by atoms with Gasteiger partial charge in [-0.2, -0.15) is 0 Å². The van der Waals surface area contributed by atoms with Crippen LogP contribution in [0, 0.1) is 5.82 Å². The number of anilines is 1. The molecule has 3 heterocycles. The molecule has 11 nitrogen and oxygen atoms in total. The number of carbonyl (C=O) groups is 2. The second-order valence-electron chi connectivity index (χ2n) is 11.2. The number of benzene rings is 3. The average Bonchev–Trinajstić information content (AvgIpc) is 3.53. The number of methoxy groups -OCH3 is 1. The molecule has 1 aliphatic carbocycles. The lowest BCUT2D eigenvalue weighted by Gasteiger charge is -2.18. The highest BCUT2D eigenvalue weighted by molar-refractivity contribution is 6.06. The van der Waals surface area contributed by atoms with Crippen molar-refractivity contribution in [3.8, 4) is 39.6 Å². The minimum absolute atomic E-state index is 0.144. The van der Waals surface area contributed by atoms with Crippen molar-refractivity contribution in [1.82, 2.24) is 24.8 Å². The highest BCUT2D eigenvalue weighted by Crippen LogP contribution is 2.46. The van der Waals surface area contributed by atoms with Crippen molar-refractivity contribution in [3.05, 3.63) is 103 Å². The molecule has 6 aromatic rings. The van der Waals surface area contributed by atoms with Gasteiger partial charge in [-0.3, -0.25) is 4.79 Å². The third-order valence-electron chi connectivity index (χ3n) is 8.22. The summed E-state index contributed by atoms with van der Waals surface area (Å²) in [6.45, 7) is 2.55. The Labute approximate surface area is 268 Å². The van der Waals surface area contributed by atoms with E-state index in [1.54, 1.807) is 42.7 Å². The van der Waals surface area contributed by atoms with Crippen LogP contribution in [0.5, 0.6) is 5.75 Å². The summed E-state index contributed by atoms with van der Waals surface area (Å²) in [5.74, 6) is 0.691. The number of furan rings is 1. The zero-order chi connectivity index (χ0) is 32.7. The van der Waals surface area contributed by atoms with Crippen LogP contribution in [-0.2, 0) is 5.54 Å². The van der Waals surface area contributed by atoms with E-state index in [2.05, 4.69) is 25.6 Å². The number of fused-ring (bicyclic) bond motifs is 1. The lowest BCUT2D eigenvalue weighted by atomic mass is 9.96. The number of hydrogen-bond donors (Lipinski definition) is 3. The number of hydrogen-bond acceptors (Lipinski definition) is 8. The Hall–Kier alpha value is -6.04. The van der Waals surface area contributed by atoms with E-state index in [1.165, 1.54) is 31.6 Å². The molecule has 1 aliphatic rings. The van der Waals surface area contributed by atoms with Gasteiger partial charge in [0.25, 0.3) is 5.91 Å². The predicted octanol–water partition coefficient (Wildman–Crippen LogP) is 6.95. The zero-order valence-electron chi connectivity index (χ0n) is 25.5. The summed E-state index contributed by atoms with van der Waals surface area (Å²) in [4.78, 5) is 39.1. The summed E-state index contributed by atoms with van der Waals surface area (Å²) in [7, 11) is 1.51. The van der Waals surface area contributed by atoms with Crippen LogP contribution in [0.1, 0.15) is 35.9 Å². The van der Waals surface area contributed by atoms with Crippen molar-refractivity contribution in [3.63, 3.8) is 0 Å². The maximum absolute atomic E-state index is 13.9. The van der Waals surface area contributed by atoms with Gasteiger partial charge in [0, 0.05) is 59.6 Å². The Morgan fingerprint density at radius 1 is 1.02 bits per heavy atom.